The van der Waals surface area contributed by atoms with Crippen LogP contribution in [0.25, 0.3) is 0 Å². The molecule has 1 aromatic carbocycles. The summed E-state index contributed by atoms with van der Waals surface area (Å²) in [6.45, 7) is 0.364. The first-order chi connectivity index (χ1) is 6.07. The number of hydrogen-bond acceptors (Lipinski definition) is 4. The number of ether oxygens (including phenoxy) is 1. The molecule has 0 atom stereocenters. The first kappa shape index (κ1) is 8.33. The Labute approximate surface area is 75.6 Å². The molecule has 0 aliphatic carbocycles. The lowest BCUT2D eigenvalue weighted by Crippen LogP contribution is -2.11. The zero-order chi connectivity index (χ0) is 9.47. The van der Waals surface area contributed by atoms with Gasteiger partial charge in [-0.05, 0) is 12.1 Å². The molecule has 2 rings (SSSR count). The molecule has 3 N–H and O–H groups in total. The SMILES string of the molecule is NS(=O)(=O)c1ccc2c(c1)OCN2. The van der Waals surface area contributed by atoms with Gasteiger partial charge in [-0.1, -0.05) is 0 Å². The van der Waals surface area contributed by atoms with Crippen molar-refractivity contribution in [1.82, 2.24) is 0 Å². The van der Waals surface area contributed by atoms with E-state index in [9.17, 15) is 8.42 Å². The smallest absolute Gasteiger partial charge is 0.238 e. The average Bonchev–Trinajstić information content (AvgIpc) is 2.47. The van der Waals surface area contributed by atoms with Crippen LogP contribution in [0.15, 0.2) is 23.1 Å². The maximum absolute atomic E-state index is 10.9. The predicted molar refractivity (Wildman–Crippen MR) is 46.9 cm³/mol. The van der Waals surface area contributed by atoms with Crippen molar-refractivity contribution >= 4 is 15.7 Å². The van der Waals surface area contributed by atoms with Gasteiger partial charge >= 0.3 is 0 Å². The second-order valence-electron chi connectivity index (χ2n) is 2.67. The number of hydrogen-bond donors (Lipinski definition) is 2. The van der Waals surface area contributed by atoms with Crippen LogP contribution in [0.1, 0.15) is 0 Å². The minimum absolute atomic E-state index is 0.0648. The van der Waals surface area contributed by atoms with Crippen LogP contribution in [0.5, 0.6) is 5.75 Å². The van der Waals surface area contributed by atoms with E-state index in [1.165, 1.54) is 12.1 Å². The molecule has 0 spiro atoms. The maximum atomic E-state index is 10.9. The van der Waals surface area contributed by atoms with E-state index < -0.39 is 10.0 Å². The molecule has 0 radical (unpaired) electrons. The lowest BCUT2D eigenvalue weighted by molar-refractivity contribution is 0.371. The average molecular weight is 200 g/mol. The molecule has 1 aromatic rings. The number of sulfonamides is 1. The van der Waals surface area contributed by atoms with Crippen molar-refractivity contribution in [3.63, 3.8) is 0 Å². The molecule has 0 saturated carbocycles. The van der Waals surface area contributed by atoms with E-state index in [-0.39, 0.29) is 4.90 Å². The van der Waals surface area contributed by atoms with Crippen LogP contribution in [0.4, 0.5) is 5.69 Å². The molecule has 5 nitrogen and oxygen atoms in total. The van der Waals surface area contributed by atoms with Gasteiger partial charge in [0.15, 0.2) is 6.73 Å². The molecular formula is C7H8N2O3S. The third-order valence-corrected chi connectivity index (χ3v) is 2.68. The Morgan fingerprint density at radius 1 is 1.46 bits per heavy atom. The normalized spacial score (nSPS) is 14.5. The van der Waals surface area contributed by atoms with Gasteiger partial charge in [0.05, 0.1) is 10.6 Å². The Balaban J connectivity index is 2.54. The number of rotatable bonds is 1. The molecule has 6 heteroatoms. The highest BCUT2D eigenvalue weighted by atomic mass is 32.2. The summed E-state index contributed by atoms with van der Waals surface area (Å²) in [7, 11) is -3.63. The second-order valence-corrected chi connectivity index (χ2v) is 4.23. The molecule has 0 unspecified atom stereocenters. The molecule has 0 fully saturated rings. The first-order valence-electron chi connectivity index (χ1n) is 3.61. The van der Waals surface area contributed by atoms with Gasteiger partial charge < -0.3 is 10.1 Å². The summed E-state index contributed by atoms with van der Waals surface area (Å²) >= 11 is 0. The molecule has 13 heavy (non-hydrogen) atoms. The standard InChI is InChI=1S/C7H8N2O3S/c8-13(10,11)5-1-2-6-7(3-5)12-4-9-6/h1-3,9H,4H2,(H2,8,10,11). The van der Waals surface area contributed by atoms with Crippen molar-refractivity contribution in [3.05, 3.63) is 18.2 Å². The van der Waals surface area contributed by atoms with Crippen LogP contribution in [-0.4, -0.2) is 15.1 Å². The third-order valence-electron chi connectivity index (χ3n) is 1.77. The van der Waals surface area contributed by atoms with Crippen LogP contribution in [0.2, 0.25) is 0 Å². The summed E-state index contributed by atoms with van der Waals surface area (Å²) in [5.74, 6) is 0.520. The highest BCUT2D eigenvalue weighted by Gasteiger charge is 2.15. The summed E-state index contributed by atoms with van der Waals surface area (Å²) in [6, 6.07) is 4.47. The lowest BCUT2D eigenvalue weighted by Gasteiger charge is -2.00. The zero-order valence-electron chi connectivity index (χ0n) is 6.65. The highest BCUT2D eigenvalue weighted by Crippen LogP contribution is 2.30. The van der Waals surface area contributed by atoms with Gasteiger partial charge in [-0.25, -0.2) is 13.6 Å². The van der Waals surface area contributed by atoms with Crippen LogP contribution in [0, 0.1) is 0 Å². The van der Waals surface area contributed by atoms with E-state index in [4.69, 9.17) is 9.88 Å². The zero-order valence-corrected chi connectivity index (χ0v) is 7.47. The Hall–Kier alpha value is -1.27. The maximum Gasteiger partial charge on any atom is 0.238 e. The summed E-state index contributed by atoms with van der Waals surface area (Å²) in [6.07, 6.45) is 0. The monoisotopic (exact) mass is 200 g/mol. The molecular weight excluding hydrogens is 192 g/mol. The summed E-state index contributed by atoms with van der Waals surface area (Å²) < 4.78 is 27.0. The number of fused-ring (bicyclic) bond motifs is 1. The molecule has 0 aromatic heterocycles. The summed E-state index contributed by atoms with van der Waals surface area (Å²) in [5.41, 5.74) is 0.785. The Morgan fingerprint density at radius 3 is 2.92 bits per heavy atom. The molecule has 1 aliphatic heterocycles. The fourth-order valence-corrected chi connectivity index (χ4v) is 1.67. The van der Waals surface area contributed by atoms with Gasteiger partial charge in [0.1, 0.15) is 5.75 Å². The Bertz CT molecular complexity index is 441. The van der Waals surface area contributed by atoms with E-state index in [0.717, 1.165) is 5.69 Å². The van der Waals surface area contributed by atoms with E-state index in [1.807, 2.05) is 0 Å². The molecule has 0 saturated heterocycles. The van der Waals surface area contributed by atoms with Gasteiger partial charge in [-0.3, -0.25) is 0 Å². The van der Waals surface area contributed by atoms with Gasteiger partial charge in [0.2, 0.25) is 10.0 Å². The van der Waals surface area contributed by atoms with Gasteiger partial charge in [-0.15, -0.1) is 0 Å². The Kier molecular flexibility index (Phi) is 1.67. The highest BCUT2D eigenvalue weighted by molar-refractivity contribution is 7.89. The second kappa shape index (κ2) is 2.61. The lowest BCUT2D eigenvalue weighted by atomic mass is 10.3. The van der Waals surface area contributed by atoms with Crippen molar-refractivity contribution < 1.29 is 13.2 Å². The summed E-state index contributed by atoms with van der Waals surface area (Å²) in [4.78, 5) is 0.0648. The molecule has 1 aliphatic rings. The first-order valence-corrected chi connectivity index (χ1v) is 5.15. The number of primary sulfonamides is 1. The van der Waals surface area contributed by atoms with Crippen LogP contribution in [0.3, 0.4) is 0 Å². The van der Waals surface area contributed by atoms with Crippen LogP contribution in [-0.2, 0) is 10.0 Å². The topological polar surface area (TPSA) is 81.4 Å². The largest absolute Gasteiger partial charge is 0.471 e. The molecule has 70 valence electrons. The van der Waals surface area contributed by atoms with Crippen molar-refractivity contribution in [2.75, 3.05) is 12.0 Å². The van der Waals surface area contributed by atoms with Gasteiger partial charge in [-0.2, -0.15) is 0 Å². The van der Waals surface area contributed by atoms with E-state index in [1.54, 1.807) is 6.07 Å². The fourth-order valence-electron chi connectivity index (χ4n) is 1.14. The van der Waals surface area contributed by atoms with Crippen molar-refractivity contribution in [2.45, 2.75) is 4.90 Å². The van der Waals surface area contributed by atoms with Crippen molar-refractivity contribution in [2.24, 2.45) is 5.14 Å². The van der Waals surface area contributed by atoms with E-state index >= 15 is 0 Å². The molecule has 1 heterocycles. The van der Waals surface area contributed by atoms with Crippen molar-refractivity contribution in [1.29, 1.82) is 0 Å². The number of nitrogens with two attached hydrogens (primary N) is 1. The number of anilines is 1. The Morgan fingerprint density at radius 2 is 2.23 bits per heavy atom. The van der Waals surface area contributed by atoms with Crippen LogP contribution >= 0.6 is 0 Å². The minimum Gasteiger partial charge on any atom is -0.471 e. The number of benzene rings is 1. The molecule has 0 amide bonds. The summed E-state index contributed by atoms with van der Waals surface area (Å²) in [5, 5.41) is 7.87. The number of nitrogens with one attached hydrogen (secondary N) is 1. The predicted octanol–water partition coefficient (Wildman–Crippen LogP) is 0.0958. The minimum atomic E-state index is -3.63. The van der Waals surface area contributed by atoms with Gasteiger partial charge in [0.25, 0.3) is 0 Å². The van der Waals surface area contributed by atoms with Gasteiger partial charge in [0, 0.05) is 6.07 Å². The fraction of sp³-hybridized carbons (Fsp3) is 0.143. The van der Waals surface area contributed by atoms with Crippen LogP contribution < -0.4 is 15.2 Å². The van der Waals surface area contributed by atoms with Crippen molar-refractivity contribution in [3.8, 4) is 5.75 Å². The quantitative estimate of drug-likeness (QED) is 0.673. The molecule has 0 bridgehead atoms. The third kappa shape index (κ3) is 1.45. The van der Waals surface area contributed by atoms with E-state index in [2.05, 4.69) is 5.32 Å². The van der Waals surface area contributed by atoms with E-state index in [0.29, 0.717) is 12.5 Å².